The van der Waals surface area contributed by atoms with Crippen LogP contribution in [-0.2, 0) is 14.3 Å². The Kier molecular flexibility index (Phi) is 6.27. The van der Waals surface area contributed by atoms with Crippen LogP contribution < -0.4 is 4.74 Å². The molecule has 9 heteroatoms. The molecule has 164 valence electrons. The molecule has 1 saturated heterocycles. The Labute approximate surface area is 188 Å². The predicted octanol–water partition coefficient (Wildman–Crippen LogP) is 3.88. The second-order valence-electron chi connectivity index (χ2n) is 6.98. The molecule has 0 bridgehead atoms. The number of furan rings is 1. The van der Waals surface area contributed by atoms with Gasteiger partial charge in [-0.15, -0.1) is 0 Å². The highest BCUT2D eigenvalue weighted by molar-refractivity contribution is 8.14. The molecule has 2 aliphatic heterocycles. The number of ether oxygens (including phenoxy) is 2. The summed E-state index contributed by atoms with van der Waals surface area (Å²) < 4.78 is 15.6. The largest absolute Gasteiger partial charge is 0.458 e. The number of carbonyl (C=O) groups excluding carboxylic acids is 3. The predicted molar refractivity (Wildman–Crippen MR) is 118 cm³/mol. The summed E-state index contributed by atoms with van der Waals surface area (Å²) in [5.74, 6) is -0.290. The van der Waals surface area contributed by atoms with E-state index in [0.29, 0.717) is 34.4 Å². The molecule has 0 spiro atoms. The summed E-state index contributed by atoms with van der Waals surface area (Å²) in [6.45, 7) is 5.33. The molecular weight excluding hydrogens is 432 g/mol. The lowest BCUT2D eigenvalue weighted by atomic mass is 9.94. The first-order valence-corrected chi connectivity index (χ1v) is 10.9. The molecular formula is C23H20N2O6S. The van der Waals surface area contributed by atoms with Gasteiger partial charge in [-0.3, -0.25) is 9.69 Å². The first-order chi connectivity index (χ1) is 15.5. The van der Waals surface area contributed by atoms with E-state index in [-0.39, 0.29) is 23.8 Å². The number of fused-ring (bicyclic) bond motifs is 1. The fourth-order valence-electron chi connectivity index (χ4n) is 3.46. The van der Waals surface area contributed by atoms with Crippen molar-refractivity contribution in [3.05, 3.63) is 77.9 Å². The summed E-state index contributed by atoms with van der Waals surface area (Å²) in [5.41, 5.74) is 1.44. The maximum atomic E-state index is 12.9. The highest BCUT2D eigenvalue weighted by atomic mass is 32.2. The van der Waals surface area contributed by atoms with E-state index in [1.165, 1.54) is 35.1 Å². The Balaban J connectivity index is 1.67. The van der Waals surface area contributed by atoms with E-state index >= 15 is 0 Å². The topological polar surface area (TPSA) is 98.4 Å². The molecule has 0 aliphatic carbocycles. The number of amides is 1. The van der Waals surface area contributed by atoms with Crippen molar-refractivity contribution < 1.29 is 28.3 Å². The van der Waals surface area contributed by atoms with Gasteiger partial charge in [-0.2, -0.15) is 0 Å². The molecule has 2 aliphatic rings. The smallest absolute Gasteiger partial charge is 0.379 e. The third-order valence-corrected chi connectivity index (χ3v) is 5.84. The fraction of sp³-hybridized carbons (Fsp3) is 0.217. The molecule has 1 atom stereocenters. The van der Waals surface area contributed by atoms with Gasteiger partial charge >= 0.3 is 11.9 Å². The van der Waals surface area contributed by atoms with Gasteiger partial charge in [0.25, 0.3) is 0 Å². The van der Waals surface area contributed by atoms with E-state index in [1.807, 2.05) is 0 Å². The highest BCUT2D eigenvalue weighted by Gasteiger charge is 2.41. The van der Waals surface area contributed by atoms with Gasteiger partial charge in [-0.05, 0) is 36.8 Å². The van der Waals surface area contributed by atoms with Gasteiger partial charge in [-0.1, -0.05) is 36.5 Å². The minimum absolute atomic E-state index is 0.0449. The van der Waals surface area contributed by atoms with Crippen LogP contribution in [0.3, 0.4) is 0 Å². The number of hydrogen-bond donors (Lipinski definition) is 0. The zero-order valence-electron chi connectivity index (χ0n) is 17.3. The lowest BCUT2D eigenvalue weighted by Gasteiger charge is -2.38. The van der Waals surface area contributed by atoms with Crippen molar-refractivity contribution in [3.8, 4) is 5.75 Å². The number of thioether (sulfide) groups is 1. The Morgan fingerprint density at radius 2 is 2.06 bits per heavy atom. The van der Waals surface area contributed by atoms with Crippen molar-refractivity contribution in [1.82, 2.24) is 4.90 Å². The quantitative estimate of drug-likeness (QED) is 0.373. The molecule has 1 fully saturated rings. The molecule has 0 saturated carbocycles. The Bertz CT molecular complexity index is 1120. The first-order valence-electron chi connectivity index (χ1n) is 9.87. The van der Waals surface area contributed by atoms with Crippen LogP contribution >= 0.6 is 11.8 Å². The van der Waals surface area contributed by atoms with Crippen LogP contribution in [0.15, 0.2) is 76.0 Å². The summed E-state index contributed by atoms with van der Waals surface area (Å²) in [4.78, 5) is 43.8. The molecule has 0 unspecified atom stereocenters. The molecule has 8 nitrogen and oxygen atoms in total. The average molecular weight is 452 g/mol. The number of benzene rings is 1. The first kappa shape index (κ1) is 21.6. The van der Waals surface area contributed by atoms with Crippen LogP contribution in [0.25, 0.3) is 0 Å². The van der Waals surface area contributed by atoms with Crippen molar-refractivity contribution in [2.75, 3.05) is 12.4 Å². The number of carbonyl (C=O) groups is 3. The van der Waals surface area contributed by atoms with Crippen LogP contribution in [0, 0.1) is 0 Å². The molecule has 2 aromatic rings. The lowest BCUT2D eigenvalue weighted by molar-refractivity contribution is -0.139. The van der Waals surface area contributed by atoms with E-state index in [9.17, 15) is 14.4 Å². The minimum Gasteiger partial charge on any atom is -0.458 e. The molecule has 0 radical (unpaired) electrons. The zero-order valence-corrected chi connectivity index (χ0v) is 18.1. The Hall–Kier alpha value is -3.59. The molecule has 1 aromatic heterocycles. The maximum Gasteiger partial charge on any atom is 0.379 e. The summed E-state index contributed by atoms with van der Waals surface area (Å²) >= 11 is 1.47. The number of rotatable bonds is 6. The standard InChI is InChI=1S/C23H20N2O6S/c1-3-11-30-22(28)19-14(2)24-23-25(18(26)10-13-32-23)20(19)15-6-8-16(9-7-15)31-21(27)17-5-4-12-29-17/h3-9,12,20H,1,10-11,13H2,2H3/t20-/m1/s1. The van der Waals surface area contributed by atoms with E-state index in [1.54, 1.807) is 37.3 Å². The van der Waals surface area contributed by atoms with Gasteiger partial charge in [0.1, 0.15) is 12.4 Å². The molecule has 1 amide bonds. The van der Waals surface area contributed by atoms with Gasteiger partial charge in [0.05, 0.1) is 23.6 Å². The number of esters is 2. The summed E-state index contributed by atoms with van der Waals surface area (Å²) in [6, 6.07) is 9.02. The van der Waals surface area contributed by atoms with Crippen LogP contribution in [-0.4, -0.2) is 40.3 Å². The molecule has 32 heavy (non-hydrogen) atoms. The zero-order chi connectivity index (χ0) is 22.7. The second-order valence-corrected chi connectivity index (χ2v) is 8.04. The molecule has 4 rings (SSSR count). The van der Waals surface area contributed by atoms with Crippen molar-refractivity contribution >= 4 is 34.8 Å². The lowest BCUT2D eigenvalue weighted by Crippen LogP contribution is -2.45. The monoisotopic (exact) mass is 452 g/mol. The highest BCUT2D eigenvalue weighted by Crippen LogP contribution is 2.40. The van der Waals surface area contributed by atoms with Crippen LogP contribution in [0.1, 0.15) is 35.5 Å². The normalized spacial score (nSPS) is 18.0. The van der Waals surface area contributed by atoms with Gasteiger partial charge in [0.2, 0.25) is 11.7 Å². The third-order valence-electron chi connectivity index (χ3n) is 4.89. The number of hydrogen-bond acceptors (Lipinski definition) is 8. The van der Waals surface area contributed by atoms with Crippen molar-refractivity contribution in [1.29, 1.82) is 0 Å². The third kappa shape index (κ3) is 4.24. The van der Waals surface area contributed by atoms with E-state index in [0.717, 1.165) is 0 Å². The molecule has 3 heterocycles. The van der Waals surface area contributed by atoms with Crippen LogP contribution in [0.5, 0.6) is 5.75 Å². The van der Waals surface area contributed by atoms with E-state index < -0.39 is 18.0 Å². The van der Waals surface area contributed by atoms with Gasteiger partial charge in [0, 0.05) is 12.2 Å². The Morgan fingerprint density at radius 3 is 2.75 bits per heavy atom. The van der Waals surface area contributed by atoms with Gasteiger partial charge in [0.15, 0.2) is 5.17 Å². The van der Waals surface area contributed by atoms with Gasteiger partial charge < -0.3 is 13.9 Å². The number of nitrogens with zero attached hydrogens (tertiary/aromatic N) is 2. The Morgan fingerprint density at radius 1 is 1.28 bits per heavy atom. The van der Waals surface area contributed by atoms with E-state index in [4.69, 9.17) is 13.9 Å². The van der Waals surface area contributed by atoms with Crippen molar-refractivity contribution in [2.24, 2.45) is 4.99 Å². The maximum absolute atomic E-state index is 12.9. The number of aliphatic imine (C=N–C) groups is 1. The van der Waals surface area contributed by atoms with Crippen molar-refractivity contribution in [2.45, 2.75) is 19.4 Å². The van der Waals surface area contributed by atoms with Crippen LogP contribution in [0.4, 0.5) is 0 Å². The summed E-state index contributed by atoms with van der Waals surface area (Å²) in [7, 11) is 0. The fourth-order valence-corrected chi connectivity index (χ4v) is 4.46. The summed E-state index contributed by atoms with van der Waals surface area (Å²) in [5, 5.41) is 0.553. The van der Waals surface area contributed by atoms with Gasteiger partial charge in [-0.25, -0.2) is 14.6 Å². The molecule has 1 aromatic carbocycles. The number of amidine groups is 1. The van der Waals surface area contributed by atoms with Crippen LogP contribution in [0.2, 0.25) is 0 Å². The minimum atomic E-state index is -0.699. The molecule has 0 N–H and O–H groups in total. The SMILES string of the molecule is C=CCOC(=O)C1=C(C)N=C2SCCC(=O)N2[C@@H]1c1ccc(OC(=O)c2ccco2)cc1. The van der Waals surface area contributed by atoms with E-state index in [2.05, 4.69) is 11.6 Å². The average Bonchev–Trinajstić information content (AvgIpc) is 3.32. The summed E-state index contributed by atoms with van der Waals surface area (Å²) in [6.07, 6.45) is 3.20. The number of allylic oxidation sites excluding steroid dienone is 1. The second kappa shape index (κ2) is 9.27. The van der Waals surface area contributed by atoms with Crippen molar-refractivity contribution in [3.63, 3.8) is 0 Å².